The third kappa shape index (κ3) is 18.9. The number of carboxylic acid groups (broad SMARTS) is 1. The van der Waals surface area contributed by atoms with Crippen LogP contribution >= 0.6 is 0 Å². The zero-order valence-corrected chi connectivity index (χ0v) is 38.0. The van der Waals surface area contributed by atoms with Gasteiger partial charge in [0.2, 0.25) is 35.4 Å². The average Bonchev–Trinajstić information content (AvgIpc) is 3.27. The van der Waals surface area contributed by atoms with E-state index in [4.69, 9.17) is 22.9 Å². The standard InChI is InChI=1S/C43H64N12O12/c1-5-7-13-29(50-40(62)34(23(3)6-2)53-41(63)35(24(4)56)54-36(58)27-11-8-9-12-28(27)44)37(59)52-32(22-25-15-17-26(18-16-25)55(66)67)39(61)49-30(19-20-33(45)57)38(60)51-31(42(64)65)14-10-21-48-43(46)47/h8-9,11-12,15-18,23-24,29-32,34-35,56H,5-7,10,13-14,19-22,44H2,1-4H3,(H2,45,57)(H,49,61)(H,50,62)(H,51,60)(H,52,59)(H,53,63)(H,54,58)(H,64,65)(H4,46,47,48)/t23-,24+,29-,30-,31-,32-,34-,35-/m0/s1. The number of nitrogens with zero attached hydrogens (tertiary/aromatic N) is 2. The van der Waals surface area contributed by atoms with Gasteiger partial charge in [0.25, 0.3) is 11.6 Å². The number of nitrogens with two attached hydrogens (primary N) is 4. The van der Waals surface area contributed by atoms with Crippen LogP contribution < -0.4 is 54.8 Å². The average molecular weight is 941 g/mol. The number of anilines is 1. The lowest BCUT2D eigenvalue weighted by molar-refractivity contribution is -0.384. The number of aliphatic carboxylic acids is 1. The molecule has 2 aromatic rings. The highest BCUT2D eigenvalue weighted by Gasteiger charge is 2.36. The van der Waals surface area contributed by atoms with Crippen LogP contribution in [0.3, 0.4) is 0 Å². The number of carbonyl (C=O) groups is 8. The normalized spacial score (nSPS) is 14.5. The summed E-state index contributed by atoms with van der Waals surface area (Å²) in [4.78, 5) is 121. The number of unbranched alkanes of at least 4 members (excludes halogenated alkanes) is 1. The molecule has 67 heavy (non-hydrogen) atoms. The topological polar surface area (TPSA) is 409 Å². The fourth-order valence-corrected chi connectivity index (χ4v) is 6.54. The van der Waals surface area contributed by atoms with Crippen molar-refractivity contribution in [3.63, 3.8) is 0 Å². The number of amides is 7. The van der Waals surface area contributed by atoms with Gasteiger partial charge in [-0.1, -0.05) is 64.3 Å². The Balaban J connectivity index is 2.47. The predicted molar refractivity (Wildman–Crippen MR) is 245 cm³/mol. The molecule has 0 radical (unpaired) electrons. The van der Waals surface area contributed by atoms with Crippen molar-refractivity contribution in [3.05, 3.63) is 69.8 Å². The van der Waals surface area contributed by atoms with Crippen molar-refractivity contribution in [2.75, 3.05) is 12.3 Å². The molecule has 0 unspecified atom stereocenters. The number of primary amides is 1. The molecule has 0 saturated heterocycles. The van der Waals surface area contributed by atoms with Crippen LogP contribution in [0.4, 0.5) is 11.4 Å². The van der Waals surface area contributed by atoms with Crippen molar-refractivity contribution in [1.82, 2.24) is 31.9 Å². The Morgan fingerprint density at radius 3 is 1.78 bits per heavy atom. The van der Waals surface area contributed by atoms with Gasteiger partial charge in [0.15, 0.2) is 5.96 Å². The number of hydrogen-bond donors (Lipinski definition) is 12. The summed E-state index contributed by atoms with van der Waals surface area (Å²) in [6.07, 6.45) is -1.21. The summed E-state index contributed by atoms with van der Waals surface area (Å²) in [7, 11) is 0. The van der Waals surface area contributed by atoms with E-state index in [0.717, 1.165) is 0 Å². The molecular weight excluding hydrogens is 877 g/mol. The van der Waals surface area contributed by atoms with Crippen LogP contribution in [0.15, 0.2) is 53.5 Å². The van der Waals surface area contributed by atoms with Gasteiger partial charge in [-0.25, -0.2) is 4.79 Å². The first-order chi connectivity index (χ1) is 31.6. The lowest BCUT2D eigenvalue weighted by Crippen LogP contribution is -2.61. The van der Waals surface area contributed by atoms with Crippen molar-refractivity contribution in [2.24, 2.45) is 28.1 Å². The number of guanidine groups is 1. The molecule has 2 aromatic carbocycles. The number of nitrogen functional groups attached to an aromatic ring is 1. The van der Waals surface area contributed by atoms with E-state index in [2.05, 4.69) is 36.9 Å². The summed E-state index contributed by atoms with van der Waals surface area (Å²) in [5.41, 5.74) is 22.1. The molecule has 0 heterocycles. The summed E-state index contributed by atoms with van der Waals surface area (Å²) in [6, 6.07) is 2.35. The van der Waals surface area contributed by atoms with Gasteiger partial charge in [-0.15, -0.1) is 0 Å². The number of aliphatic hydroxyl groups is 1. The second kappa shape index (κ2) is 27.8. The smallest absolute Gasteiger partial charge is 0.326 e. The zero-order valence-electron chi connectivity index (χ0n) is 38.0. The van der Waals surface area contributed by atoms with Crippen LogP contribution in [0.25, 0.3) is 0 Å². The second-order valence-electron chi connectivity index (χ2n) is 16.0. The summed E-state index contributed by atoms with van der Waals surface area (Å²) < 4.78 is 0. The van der Waals surface area contributed by atoms with E-state index in [1.165, 1.54) is 43.3 Å². The number of rotatable bonds is 29. The molecule has 0 aromatic heterocycles. The Morgan fingerprint density at radius 1 is 0.701 bits per heavy atom. The maximum Gasteiger partial charge on any atom is 0.326 e. The van der Waals surface area contributed by atoms with Crippen LogP contribution in [0.1, 0.15) is 95.0 Å². The summed E-state index contributed by atoms with van der Waals surface area (Å²) >= 11 is 0. The number of para-hydroxylation sites is 1. The molecule has 24 heteroatoms. The number of carbonyl (C=O) groups excluding carboxylic acids is 7. The largest absolute Gasteiger partial charge is 0.480 e. The Labute approximate surface area is 387 Å². The van der Waals surface area contributed by atoms with Crippen molar-refractivity contribution < 1.29 is 53.5 Å². The molecule has 7 amide bonds. The lowest BCUT2D eigenvalue weighted by atomic mass is 9.96. The van der Waals surface area contributed by atoms with Gasteiger partial charge < -0.3 is 65.0 Å². The Kier molecular flexibility index (Phi) is 23.2. The van der Waals surface area contributed by atoms with Crippen LogP contribution in [-0.2, 0) is 40.0 Å². The highest BCUT2D eigenvalue weighted by Crippen LogP contribution is 2.16. The highest BCUT2D eigenvalue weighted by atomic mass is 16.6. The molecule has 0 aliphatic carbocycles. The third-order valence-corrected chi connectivity index (χ3v) is 10.6. The predicted octanol–water partition coefficient (Wildman–Crippen LogP) is -1.04. The third-order valence-electron chi connectivity index (χ3n) is 10.6. The van der Waals surface area contributed by atoms with Gasteiger partial charge in [0.05, 0.1) is 16.6 Å². The minimum Gasteiger partial charge on any atom is -0.480 e. The number of benzene rings is 2. The SMILES string of the molecule is CCCC[C@H](NC(=O)[C@@H](NC(=O)[C@@H](NC(=O)c1ccccc1N)[C@@H](C)O)[C@@H](C)CC)C(=O)N[C@@H](Cc1ccc([N+](=O)[O-])cc1)C(=O)N[C@@H](CCC(N)=O)C(=O)N[C@@H](CCCN=C(N)N)C(=O)O. The van der Waals surface area contributed by atoms with E-state index in [1.54, 1.807) is 26.0 Å². The lowest BCUT2D eigenvalue weighted by Gasteiger charge is -2.30. The van der Waals surface area contributed by atoms with Crippen LogP contribution in [0, 0.1) is 16.0 Å². The minimum atomic E-state index is -1.56. The monoisotopic (exact) mass is 940 g/mol. The highest BCUT2D eigenvalue weighted by molar-refractivity contribution is 6.02. The Hall–Kier alpha value is -7.37. The first-order valence-electron chi connectivity index (χ1n) is 21.7. The first-order valence-corrected chi connectivity index (χ1v) is 21.7. The molecule has 8 atom stereocenters. The van der Waals surface area contributed by atoms with Gasteiger partial charge in [-0.2, -0.15) is 0 Å². The molecule has 0 saturated carbocycles. The van der Waals surface area contributed by atoms with E-state index in [-0.39, 0.29) is 61.5 Å². The van der Waals surface area contributed by atoms with Crippen molar-refractivity contribution in [2.45, 2.75) is 128 Å². The molecule has 0 bridgehead atoms. The fourth-order valence-electron chi connectivity index (χ4n) is 6.54. The second-order valence-corrected chi connectivity index (χ2v) is 16.0. The number of carboxylic acids is 1. The quantitative estimate of drug-likeness (QED) is 0.0116. The number of non-ortho nitro benzene ring substituents is 1. The molecule has 0 fully saturated rings. The van der Waals surface area contributed by atoms with Crippen molar-refractivity contribution >= 4 is 64.7 Å². The summed E-state index contributed by atoms with van der Waals surface area (Å²) in [5.74, 6) is -8.40. The molecule has 0 aliphatic rings. The fraction of sp³-hybridized carbons (Fsp3) is 0.512. The molecule has 368 valence electrons. The Bertz CT molecular complexity index is 2080. The maximum atomic E-state index is 14.2. The van der Waals surface area contributed by atoms with E-state index in [1.807, 2.05) is 6.92 Å². The molecule has 0 spiro atoms. The molecular formula is C43H64N12O12. The molecule has 16 N–H and O–H groups in total. The van der Waals surface area contributed by atoms with Gasteiger partial charge >= 0.3 is 5.97 Å². The van der Waals surface area contributed by atoms with Gasteiger partial charge in [-0.3, -0.25) is 48.7 Å². The maximum absolute atomic E-state index is 14.2. The van der Waals surface area contributed by atoms with E-state index < -0.39 is 107 Å². The Morgan fingerprint density at radius 2 is 1.24 bits per heavy atom. The number of nitro groups is 1. The van der Waals surface area contributed by atoms with E-state index in [0.29, 0.717) is 24.8 Å². The van der Waals surface area contributed by atoms with E-state index >= 15 is 0 Å². The minimum absolute atomic E-state index is 0.0371. The molecule has 24 nitrogen and oxygen atoms in total. The molecule has 0 aliphatic heterocycles. The van der Waals surface area contributed by atoms with Crippen LogP contribution in [-0.4, -0.2) is 117 Å². The zero-order chi connectivity index (χ0) is 50.4. The number of nitrogens with one attached hydrogen (secondary N) is 6. The number of nitro benzene ring substituents is 1. The summed E-state index contributed by atoms with van der Waals surface area (Å²) in [5, 5.41) is 46.8. The van der Waals surface area contributed by atoms with Gasteiger partial charge in [-0.05, 0) is 56.2 Å². The van der Waals surface area contributed by atoms with Crippen molar-refractivity contribution in [3.8, 4) is 0 Å². The van der Waals surface area contributed by atoms with Crippen molar-refractivity contribution in [1.29, 1.82) is 0 Å². The molecule has 2 rings (SSSR count). The van der Waals surface area contributed by atoms with Crippen LogP contribution in [0.2, 0.25) is 0 Å². The van der Waals surface area contributed by atoms with E-state index in [9.17, 15) is 58.7 Å². The number of aliphatic imine (C=N–C) groups is 1. The number of aliphatic hydroxyl groups excluding tert-OH is 1. The number of hydrogen-bond acceptors (Lipinski definition) is 13. The first kappa shape index (κ1) is 55.8. The van der Waals surface area contributed by atoms with Gasteiger partial charge in [0, 0.05) is 37.2 Å². The van der Waals surface area contributed by atoms with Gasteiger partial charge in [0.1, 0.15) is 36.3 Å². The summed E-state index contributed by atoms with van der Waals surface area (Å²) in [6.45, 7) is 6.55. The van der Waals surface area contributed by atoms with Crippen LogP contribution in [0.5, 0.6) is 0 Å².